The van der Waals surface area contributed by atoms with Crippen LogP contribution in [0.2, 0.25) is 0 Å². The van der Waals surface area contributed by atoms with E-state index in [1.807, 2.05) is 6.07 Å². The maximum absolute atomic E-state index is 14.7. The molecule has 250 valence electrons. The Morgan fingerprint density at radius 1 is 1.04 bits per heavy atom. The van der Waals surface area contributed by atoms with Gasteiger partial charge in [-0.15, -0.1) is 0 Å². The smallest absolute Gasteiger partial charge is 0.418 e. The number of nitrogens with one attached hydrogen (secondary N) is 3. The minimum absolute atomic E-state index is 0.152. The quantitative estimate of drug-likeness (QED) is 0.153. The highest BCUT2D eigenvalue weighted by molar-refractivity contribution is 6.16. The number of Topliss-reactive ketones (excluding diaryl/α,β-unsaturated/α-hetero) is 1. The van der Waals surface area contributed by atoms with Crippen molar-refractivity contribution in [2.45, 2.75) is 76.2 Å². The third-order valence-corrected chi connectivity index (χ3v) is 8.06. The van der Waals surface area contributed by atoms with E-state index in [1.54, 1.807) is 68.4 Å². The fourth-order valence-corrected chi connectivity index (χ4v) is 5.81. The van der Waals surface area contributed by atoms with Gasteiger partial charge in [-0.3, -0.25) is 14.4 Å². The van der Waals surface area contributed by atoms with Crippen molar-refractivity contribution in [3.8, 4) is 0 Å². The number of carbonyl (C=O) groups is 5. The van der Waals surface area contributed by atoms with Gasteiger partial charge in [-0.05, 0) is 49.3 Å². The van der Waals surface area contributed by atoms with Crippen molar-refractivity contribution in [1.82, 2.24) is 25.5 Å². The van der Waals surface area contributed by atoms with E-state index in [0.29, 0.717) is 35.5 Å². The lowest BCUT2D eigenvalue weighted by Gasteiger charge is -2.41. The number of imide groups is 1. The van der Waals surface area contributed by atoms with Crippen LogP contribution in [0.4, 0.5) is 4.79 Å². The van der Waals surface area contributed by atoms with Crippen LogP contribution < -0.4 is 16.4 Å². The van der Waals surface area contributed by atoms with Gasteiger partial charge in [-0.25, -0.2) is 19.5 Å². The molecule has 2 aromatic carbocycles. The lowest BCUT2D eigenvalue weighted by molar-refractivity contribution is -0.165. The molecule has 1 aromatic heterocycles. The predicted molar refractivity (Wildman–Crippen MR) is 172 cm³/mol. The van der Waals surface area contributed by atoms with Crippen LogP contribution in [-0.4, -0.2) is 79.8 Å². The lowest BCUT2D eigenvalue weighted by atomic mass is 9.79. The lowest BCUT2D eigenvalue weighted by Crippen LogP contribution is -2.70. The summed E-state index contributed by atoms with van der Waals surface area (Å²) in [6.45, 7) is 3.56. The van der Waals surface area contributed by atoms with E-state index in [0.717, 1.165) is 5.56 Å². The van der Waals surface area contributed by atoms with Crippen LogP contribution in [0.3, 0.4) is 0 Å². The van der Waals surface area contributed by atoms with Crippen LogP contribution in [0.15, 0.2) is 73.2 Å². The molecule has 4 unspecified atom stereocenters. The van der Waals surface area contributed by atoms with Gasteiger partial charge in [0.25, 0.3) is 5.91 Å². The summed E-state index contributed by atoms with van der Waals surface area (Å²) in [5, 5.41) is 16.5. The number of amides is 3. The Kier molecular flexibility index (Phi) is 12.0. The number of H-pyrrole nitrogens is 1. The van der Waals surface area contributed by atoms with E-state index < -0.39 is 59.2 Å². The highest BCUT2D eigenvalue weighted by Gasteiger charge is 2.59. The molecule has 13 nitrogen and oxygen atoms in total. The number of carboxylic acid groups (broad SMARTS) is 1. The van der Waals surface area contributed by atoms with Gasteiger partial charge in [0, 0.05) is 18.3 Å². The molecule has 3 amide bonds. The second kappa shape index (κ2) is 16.1. The third-order valence-electron chi connectivity index (χ3n) is 8.06. The fraction of sp³-hybridized carbons (Fsp3) is 0.412. The molecule has 47 heavy (non-hydrogen) atoms. The summed E-state index contributed by atoms with van der Waals surface area (Å²) in [5.74, 6) is -4.81. The van der Waals surface area contributed by atoms with Crippen LogP contribution in [0.5, 0.6) is 0 Å². The van der Waals surface area contributed by atoms with Crippen LogP contribution in [-0.2, 0) is 43.4 Å². The first-order chi connectivity index (χ1) is 22.5. The summed E-state index contributed by atoms with van der Waals surface area (Å²) in [7, 11) is 0. The van der Waals surface area contributed by atoms with Crippen molar-refractivity contribution >= 4 is 29.7 Å². The third kappa shape index (κ3) is 8.69. The van der Waals surface area contributed by atoms with Gasteiger partial charge in [-0.2, -0.15) is 0 Å². The summed E-state index contributed by atoms with van der Waals surface area (Å²) in [6.07, 6.45) is 1.97. The number of aliphatic carboxylic acids is 1. The van der Waals surface area contributed by atoms with Crippen molar-refractivity contribution in [1.29, 1.82) is 0 Å². The number of benzene rings is 2. The molecule has 2 heterocycles. The number of hydrogen-bond donors (Lipinski definition) is 5. The minimum Gasteiger partial charge on any atom is -0.479 e. The van der Waals surface area contributed by atoms with Gasteiger partial charge < -0.3 is 31.2 Å². The van der Waals surface area contributed by atoms with Crippen molar-refractivity contribution in [2.75, 3.05) is 6.54 Å². The molecule has 1 aliphatic heterocycles. The van der Waals surface area contributed by atoms with E-state index in [4.69, 9.17) is 10.5 Å². The fourth-order valence-electron chi connectivity index (χ4n) is 5.81. The first-order valence-electron chi connectivity index (χ1n) is 15.7. The Bertz CT molecular complexity index is 1510. The molecule has 6 N–H and O–H groups in total. The first-order valence-corrected chi connectivity index (χ1v) is 15.7. The Morgan fingerprint density at radius 3 is 2.26 bits per heavy atom. The van der Waals surface area contributed by atoms with Crippen LogP contribution >= 0.6 is 0 Å². The SMILES string of the molecule is CC(C)CC(C(=O)O)(C(=O)C1CCCN1)N(C(=O)OCc1ccccc1)C(=O)C(Cc1cnc[nH]1)NC(=O)C(N)Cc1ccccc1. The van der Waals surface area contributed by atoms with Gasteiger partial charge in [0.2, 0.25) is 11.4 Å². The molecule has 4 rings (SSSR count). The second-order valence-corrected chi connectivity index (χ2v) is 12.1. The monoisotopic (exact) mass is 646 g/mol. The molecule has 3 aromatic rings. The Balaban J connectivity index is 1.77. The van der Waals surface area contributed by atoms with Gasteiger partial charge in [0.1, 0.15) is 12.6 Å². The zero-order valence-electron chi connectivity index (χ0n) is 26.6. The molecular weight excluding hydrogens is 604 g/mol. The number of aromatic amines is 1. The minimum atomic E-state index is -2.65. The summed E-state index contributed by atoms with van der Waals surface area (Å²) in [6, 6.07) is 14.2. The van der Waals surface area contributed by atoms with E-state index in [9.17, 15) is 29.1 Å². The maximum atomic E-state index is 14.7. The number of nitrogens with zero attached hydrogens (tertiary/aromatic N) is 2. The number of rotatable bonds is 15. The number of ketones is 1. The predicted octanol–water partition coefficient (Wildman–Crippen LogP) is 2.36. The molecule has 1 saturated heterocycles. The van der Waals surface area contributed by atoms with Crippen LogP contribution in [0.1, 0.15) is 49.9 Å². The number of imidazole rings is 1. The van der Waals surface area contributed by atoms with Crippen molar-refractivity contribution in [3.63, 3.8) is 0 Å². The summed E-state index contributed by atoms with van der Waals surface area (Å²) < 4.78 is 5.55. The van der Waals surface area contributed by atoms with Crippen LogP contribution in [0, 0.1) is 5.92 Å². The second-order valence-electron chi connectivity index (χ2n) is 12.1. The average molecular weight is 647 g/mol. The van der Waals surface area contributed by atoms with Gasteiger partial charge >= 0.3 is 12.1 Å². The molecule has 4 atom stereocenters. The molecule has 1 aliphatic rings. The normalized spacial score (nSPS) is 16.9. The maximum Gasteiger partial charge on any atom is 0.418 e. The Labute approximate surface area is 273 Å². The number of aromatic nitrogens is 2. The molecule has 1 fully saturated rings. The first kappa shape index (κ1) is 35.0. The largest absolute Gasteiger partial charge is 0.479 e. The van der Waals surface area contributed by atoms with Crippen molar-refractivity contribution in [3.05, 3.63) is 90.0 Å². The Morgan fingerprint density at radius 2 is 1.70 bits per heavy atom. The number of nitrogens with two attached hydrogens (primary N) is 1. The van der Waals surface area contributed by atoms with Crippen LogP contribution in [0.25, 0.3) is 0 Å². The highest BCUT2D eigenvalue weighted by atomic mass is 16.6. The molecular formula is C34H42N6O7. The van der Waals surface area contributed by atoms with Crippen molar-refractivity contribution < 1.29 is 33.8 Å². The molecule has 0 saturated carbocycles. The van der Waals surface area contributed by atoms with E-state index in [2.05, 4.69) is 20.6 Å². The van der Waals surface area contributed by atoms with Gasteiger partial charge in [0.05, 0.1) is 18.4 Å². The van der Waals surface area contributed by atoms with Gasteiger partial charge in [-0.1, -0.05) is 74.5 Å². The number of carboxylic acids is 1. The molecule has 0 radical (unpaired) electrons. The zero-order valence-corrected chi connectivity index (χ0v) is 26.6. The highest BCUT2D eigenvalue weighted by Crippen LogP contribution is 2.32. The summed E-state index contributed by atoms with van der Waals surface area (Å²) in [4.78, 5) is 77.1. The summed E-state index contributed by atoms with van der Waals surface area (Å²) >= 11 is 0. The van der Waals surface area contributed by atoms with Gasteiger partial charge in [0.15, 0.2) is 5.78 Å². The molecule has 13 heteroatoms. The standard InChI is InChI=1S/C34H42N6O7/c1-22(2)18-34(32(44)45,29(41)27-14-9-15-37-27)40(33(46)47-20-24-12-7-4-8-13-24)31(43)28(17-25-19-36-21-38-25)39-30(42)26(35)16-23-10-5-3-6-11-23/h3-8,10-13,19,21-22,26-28,37H,9,14-18,20,35H2,1-2H3,(H,36,38)(H,39,42)(H,44,45). The number of carbonyl (C=O) groups excluding carboxylic acids is 4. The molecule has 0 aliphatic carbocycles. The average Bonchev–Trinajstić information content (AvgIpc) is 3.78. The van der Waals surface area contributed by atoms with E-state index >= 15 is 0 Å². The van der Waals surface area contributed by atoms with E-state index in [1.165, 1.54) is 12.5 Å². The molecule has 0 bridgehead atoms. The molecule has 0 spiro atoms. The van der Waals surface area contributed by atoms with Crippen molar-refractivity contribution in [2.24, 2.45) is 11.7 Å². The van der Waals surface area contributed by atoms with E-state index in [-0.39, 0.29) is 25.9 Å². The summed E-state index contributed by atoms with van der Waals surface area (Å²) in [5.41, 5.74) is 5.37. The number of hydrogen-bond acceptors (Lipinski definition) is 9. The Hall–Kier alpha value is -4.88. The zero-order chi connectivity index (χ0) is 34.0. The number of ether oxygens (including phenoxy) is 1. The topological polar surface area (TPSA) is 197 Å².